The average molecular weight is 403 g/mol. The second kappa shape index (κ2) is 6.91. The van der Waals surface area contributed by atoms with E-state index in [2.05, 4.69) is 62.3 Å². The van der Waals surface area contributed by atoms with E-state index in [4.69, 9.17) is 18.0 Å². The SMILES string of the molecule is CN(C)c1ccc([C@H]2CC(c3ccc(Br)cc3)=NN2C(N)=S)cc1. The molecule has 0 amide bonds. The molecule has 1 aliphatic heterocycles. The maximum Gasteiger partial charge on any atom is 0.187 e. The van der Waals surface area contributed by atoms with Gasteiger partial charge in [-0.05, 0) is 47.6 Å². The Balaban J connectivity index is 1.89. The third-order valence-electron chi connectivity index (χ3n) is 4.11. The molecule has 6 heteroatoms. The van der Waals surface area contributed by atoms with Gasteiger partial charge in [0.05, 0.1) is 11.8 Å². The van der Waals surface area contributed by atoms with Crippen LogP contribution >= 0.6 is 28.1 Å². The zero-order chi connectivity index (χ0) is 17.3. The molecular weight excluding hydrogens is 384 g/mol. The molecule has 1 heterocycles. The number of thiocarbonyl (C=S) groups is 1. The molecule has 0 radical (unpaired) electrons. The molecule has 4 nitrogen and oxygen atoms in total. The van der Waals surface area contributed by atoms with Gasteiger partial charge in [-0.1, -0.05) is 40.2 Å². The molecule has 2 aromatic carbocycles. The smallest absolute Gasteiger partial charge is 0.187 e. The Labute approximate surface area is 156 Å². The van der Waals surface area contributed by atoms with E-state index in [0.717, 1.165) is 33.4 Å². The summed E-state index contributed by atoms with van der Waals surface area (Å²) in [5, 5.41) is 6.70. The molecule has 3 rings (SSSR count). The molecule has 2 N–H and O–H groups in total. The van der Waals surface area contributed by atoms with Crippen LogP contribution in [0, 0.1) is 0 Å². The quantitative estimate of drug-likeness (QED) is 0.790. The average Bonchev–Trinajstić information content (AvgIpc) is 3.01. The molecule has 1 aliphatic rings. The maximum absolute atomic E-state index is 5.90. The minimum absolute atomic E-state index is 0.0392. The van der Waals surface area contributed by atoms with E-state index in [1.807, 2.05) is 26.2 Å². The van der Waals surface area contributed by atoms with E-state index in [0.29, 0.717) is 5.11 Å². The number of nitrogens with two attached hydrogens (primary N) is 1. The van der Waals surface area contributed by atoms with Gasteiger partial charge in [0.25, 0.3) is 0 Å². The third kappa shape index (κ3) is 3.44. The summed E-state index contributed by atoms with van der Waals surface area (Å²) in [6.07, 6.45) is 0.778. The molecular formula is C18H19BrN4S. The van der Waals surface area contributed by atoms with Gasteiger partial charge in [-0.3, -0.25) is 0 Å². The lowest BCUT2D eigenvalue weighted by molar-refractivity contribution is 0.373. The van der Waals surface area contributed by atoms with Crippen LogP contribution in [0.2, 0.25) is 0 Å². The Morgan fingerprint density at radius 2 is 1.79 bits per heavy atom. The molecule has 124 valence electrons. The highest BCUT2D eigenvalue weighted by molar-refractivity contribution is 9.10. The highest BCUT2D eigenvalue weighted by atomic mass is 79.9. The summed E-state index contributed by atoms with van der Waals surface area (Å²) in [6.45, 7) is 0. The van der Waals surface area contributed by atoms with Gasteiger partial charge in [0, 0.05) is 30.7 Å². The molecule has 1 atom stereocenters. The number of nitrogens with zero attached hydrogens (tertiary/aromatic N) is 3. The lowest BCUT2D eigenvalue weighted by Gasteiger charge is -2.22. The van der Waals surface area contributed by atoms with E-state index >= 15 is 0 Å². The Morgan fingerprint density at radius 1 is 1.17 bits per heavy atom. The van der Waals surface area contributed by atoms with Crippen LogP contribution in [0.5, 0.6) is 0 Å². The molecule has 0 unspecified atom stereocenters. The summed E-state index contributed by atoms with van der Waals surface area (Å²) in [5.41, 5.74) is 10.3. The molecule has 0 bridgehead atoms. The maximum atomic E-state index is 5.90. The molecule has 24 heavy (non-hydrogen) atoms. The number of rotatable bonds is 3. The van der Waals surface area contributed by atoms with Gasteiger partial charge in [-0.2, -0.15) is 5.10 Å². The highest BCUT2D eigenvalue weighted by Gasteiger charge is 2.30. The minimum atomic E-state index is 0.0392. The first-order valence-corrected chi connectivity index (χ1v) is 8.85. The molecule has 0 fully saturated rings. The summed E-state index contributed by atoms with van der Waals surface area (Å²) in [4.78, 5) is 2.08. The van der Waals surface area contributed by atoms with Crippen LogP contribution in [0.3, 0.4) is 0 Å². The Morgan fingerprint density at radius 3 is 2.33 bits per heavy atom. The van der Waals surface area contributed by atoms with Crippen LogP contribution in [0.25, 0.3) is 0 Å². The molecule has 0 aliphatic carbocycles. The summed E-state index contributed by atoms with van der Waals surface area (Å²) in [5.74, 6) is 0. The van der Waals surface area contributed by atoms with E-state index in [1.54, 1.807) is 5.01 Å². The summed E-state index contributed by atoms with van der Waals surface area (Å²) in [6, 6.07) is 16.6. The van der Waals surface area contributed by atoms with Gasteiger partial charge in [0.1, 0.15) is 0 Å². The van der Waals surface area contributed by atoms with Gasteiger partial charge in [-0.15, -0.1) is 0 Å². The second-order valence-corrected chi connectivity index (χ2v) is 7.28. The molecule has 0 saturated carbocycles. The fourth-order valence-electron chi connectivity index (χ4n) is 2.78. The van der Waals surface area contributed by atoms with Crippen LogP contribution < -0.4 is 10.6 Å². The zero-order valence-electron chi connectivity index (χ0n) is 13.6. The van der Waals surface area contributed by atoms with Crippen molar-refractivity contribution in [2.24, 2.45) is 10.8 Å². The topological polar surface area (TPSA) is 44.9 Å². The Hall–Kier alpha value is -1.92. The van der Waals surface area contributed by atoms with E-state index < -0.39 is 0 Å². The van der Waals surface area contributed by atoms with Crippen molar-refractivity contribution in [2.75, 3.05) is 19.0 Å². The van der Waals surface area contributed by atoms with Crippen LogP contribution in [0.1, 0.15) is 23.6 Å². The Bertz CT molecular complexity index is 769. The monoisotopic (exact) mass is 402 g/mol. The first-order chi connectivity index (χ1) is 11.5. The van der Waals surface area contributed by atoms with Gasteiger partial charge in [0.15, 0.2) is 5.11 Å². The second-order valence-electron chi connectivity index (χ2n) is 5.94. The molecule has 2 aromatic rings. The predicted octanol–water partition coefficient (Wildman–Crippen LogP) is 3.91. The van der Waals surface area contributed by atoms with Crippen molar-refractivity contribution in [3.8, 4) is 0 Å². The zero-order valence-corrected chi connectivity index (χ0v) is 16.0. The highest BCUT2D eigenvalue weighted by Crippen LogP contribution is 2.33. The van der Waals surface area contributed by atoms with Gasteiger partial charge >= 0.3 is 0 Å². The van der Waals surface area contributed by atoms with Crippen molar-refractivity contribution in [1.29, 1.82) is 0 Å². The van der Waals surface area contributed by atoms with Crippen molar-refractivity contribution in [1.82, 2.24) is 5.01 Å². The number of halogens is 1. The fourth-order valence-corrected chi connectivity index (χ4v) is 3.22. The van der Waals surface area contributed by atoms with E-state index in [9.17, 15) is 0 Å². The minimum Gasteiger partial charge on any atom is -0.378 e. The van der Waals surface area contributed by atoms with Crippen LogP contribution in [-0.2, 0) is 0 Å². The van der Waals surface area contributed by atoms with Gasteiger partial charge in [0.2, 0.25) is 0 Å². The lowest BCUT2D eigenvalue weighted by Crippen LogP contribution is -2.31. The first-order valence-electron chi connectivity index (χ1n) is 7.65. The van der Waals surface area contributed by atoms with Crippen molar-refractivity contribution in [3.63, 3.8) is 0 Å². The van der Waals surface area contributed by atoms with Gasteiger partial charge < -0.3 is 10.6 Å². The summed E-state index contributed by atoms with van der Waals surface area (Å²) in [7, 11) is 4.06. The van der Waals surface area contributed by atoms with Crippen LogP contribution in [0.4, 0.5) is 5.69 Å². The van der Waals surface area contributed by atoms with Crippen molar-refractivity contribution < 1.29 is 0 Å². The van der Waals surface area contributed by atoms with Crippen molar-refractivity contribution in [2.45, 2.75) is 12.5 Å². The summed E-state index contributed by atoms with van der Waals surface area (Å²) < 4.78 is 1.05. The third-order valence-corrected chi connectivity index (χ3v) is 4.82. The molecule has 0 spiro atoms. The molecule has 0 aromatic heterocycles. The normalized spacial score (nSPS) is 16.9. The number of anilines is 1. The van der Waals surface area contributed by atoms with E-state index in [1.165, 1.54) is 0 Å². The Kier molecular flexibility index (Phi) is 4.87. The number of benzene rings is 2. The number of hydrogen-bond acceptors (Lipinski definition) is 3. The molecule has 0 saturated heterocycles. The van der Waals surface area contributed by atoms with E-state index in [-0.39, 0.29) is 6.04 Å². The number of hydrogen-bond donors (Lipinski definition) is 1. The number of hydrazone groups is 1. The predicted molar refractivity (Wildman–Crippen MR) is 107 cm³/mol. The van der Waals surface area contributed by atoms with Crippen molar-refractivity contribution >= 4 is 44.7 Å². The fraction of sp³-hybridized carbons (Fsp3) is 0.222. The van der Waals surface area contributed by atoms with Crippen molar-refractivity contribution in [3.05, 3.63) is 64.1 Å². The largest absolute Gasteiger partial charge is 0.378 e. The van der Waals surface area contributed by atoms with Crippen LogP contribution in [0.15, 0.2) is 58.1 Å². The van der Waals surface area contributed by atoms with Crippen LogP contribution in [-0.4, -0.2) is 29.9 Å². The summed E-state index contributed by atoms with van der Waals surface area (Å²) >= 11 is 8.67. The van der Waals surface area contributed by atoms with Gasteiger partial charge in [-0.25, -0.2) is 5.01 Å². The lowest BCUT2D eigenvalue weighted by atomic mass is 9.98. The standard InChI is InChI=1S/C18H19BrN4S/c1-22(2)15-9-5-13(6-10-15)17-11-16(21-23(17)18(20)24)12-3-7-14(19)8-4-12/h3-10,17H,11H2,1-2H3,(H2,20,24)/t17-/m1/s1. The first kappa shape index (κ1) is 16.9.